The first kappa shape index (κ1) is 22.4. The third-order valence-corrected chi connectivity index (χ3v) is 6.37. The number of phosphoric acid groups is 1. The predicted molar refractivity (Wildman–Crippen MR) is 111 cm³/mol. The van der Waals surface area contributed by atoms with E-state index in [1.54, 1.807) is 0 Å². The molecular formula is C21H19NNaO4PS. The summed E-state index contributed by atoms with van der Waals surface area (Å²) in [4.78, 5) is 24.2. The van der Waals surface area contributed by atoms with Gasteiger partial charge < -0.3 is 19.2 Å². The van der Waals surface area contributed by atoms with E-state index in [2.05, 4.69) is 11.0 Å². The molecule has 1 aliphatic carbocycles. The fourth-order valence-corrected chi connectivity index (χ4v) is 5.25. The molecule has 29 heavy (non-hydrogen) atoms. The third-order valence-electron chi connectivity index (χ3n) is 4.83. The molecule has 8 heteroatoms. The van der Waals surface area contributed by atoms with Crippen LogP contribution in [-0.2, 0) is 9.09 Å². The van der Waals surface area contributed by atoms with Crippen molar-refractivity contribution in [1.29, 1.82) is 0 Å². The molecule has 0 spiro atoms. The van der Waals surface area contributed by atoms with Crippen LogP contribution in [0.4, 0.5) is 5.69 Å². The van der Waals surface area contributed by atoms with Gasteiger partial charge in [0.25, 0.3) is 0 Å². The van der Waals surface area contributed by atoms with Gasteiger partial charge in [0.15, 0.2) is 5.09 Å². The van der Waals surface area contributed by atoms with Crippen LogP contribution in [-0.4, -0.2) is 18.0 Å². The van der Waals surface area contributed by atoms with Crippen molar-refractivity contribution in [2.75, 3.05) is 11.9 Å². The van der Waals surface area contributed by atoms with Crippen molar-refractivity contribution in [1.82, 2.24) is 0 Å². The Bertz CT molecular complexity index is 1020. The van der Waals surface area contributed by atoms with Crippen LogP contribution in [0.1, 0.15) is 5.56 Å². The molecule has 1 heterocycles. The summed E-state index contributed by atoms with van der Waals surface area (Å²) >= 11 is 1.19. The molecule has 0 saturated carbocycles. The summed E-state index contributed by atoms with van der Waals surface area (Å²) in [5.41, 5.74) is 2.61. The fraction of sp³-hybridized carbons (Fsp3) is 0.143. The Kier molecular flexibility index (Phi) is 7.18. The van der Waals surface area contributed by atoms with E-state index in [1.165, 1.54) is 11.8 Å². The van der Waals surface area contributed by atoms with Gasteiger partial charge in [0, 0.05) is 34.7 Å². The van der Waals surface area contributed by atoms with Crippen LogP contribution >= 0.6 is 19.6 Å². The minimum absolute atomic E-state index is 0. The van der Waals surface area contributed by atoms with Gasteiger partial charge in [0.05, 0.1) is 6.04 Å². The molecule has 4 rings (SSSR count). The topological polar surface area (TPSA) is 72.8 Å². The van der Waals surface area contributed by atoms with Gasteiger partial charge in [-0.2, -0.15) is 0 Å². The molecule has 3 unspecified atom stereocenters. The van der Waals surface area contributed by atoms with Gasteiger partial charge in [-0.05, 0) is 18.2 Å². The number of para-hydroxylation sites is 1. The molecule has 0 saturated heterocycles. The molecule has 2 aromatic carbocycles. The van der Waals surface area contributed by atoms with Crippen molar-refractivity contribution in [3.05, 3.63) is 89.6 Å². The molecule has 2 aromatic rings. The average Bonchev–Trinajstić information content (AvgIpc) is 2.68. The molecule has 0 fully saturated rings. The zero-order valence-electron chi connectivity index (χ0n) is 16.1. The van der Waals surface area contributed by atoms with Crippen molar-refractivity contribution < 1.29 is 48.4 Å². The first-order chi connectivity index (χ1) is 13.4. The summed E-state index contributed by atoms with van der Waals surface area (Å²) in [6, 6.07) is 17.2. The maximum atomic E-state index is 11.7. The van der Waals surface area contributed by atoms with Crippen molar-refractivity contribution >= 4 is 30.8 Å². The molecule has 0 radical (unpaired) electrons. The predicted octanol–water partition coefficient (Wildman–Crippen LogP) is 1.19. The summed E-state index contributed by atoms with van der Waals surface area (Å²) in [7, 11) is -2.96. The summed E-state index contributed by atoms with van der Waals surface area (Å²) in [5, 5.41) is 0.169. The van der Waals surface area contributed by atoms with Gasteiger partial charge >= 0.3 is 37.4 Å². The first-order valence-electron chi connectivity index (χ1n) is 8.82. The van der Waals surface area contributed by atoms with Gasteiger partial charge in [0.2, 0.25) is 0 Å². The Labute approximate surface area is 196 Å². The second kappa shape index (κ2) is 9.27. The van der Waals surface area contributed by atoms with Crippen molar-refractivity contribution in [2.45, 2.75) is 10.9 Å². The molecule has 144 valence electrons. The second-order valence-corrected chi connectivity index (χ2v) is 8.76. The van der Waals surface area contributed by atoms with Crippen LogP contribution in [0.15, 0.2) is 88.9 Å². The quantitative estimate of drug-likeness (QED) is 0.337. The van der Waals surface area contributed by atoms with Crippen LogP contribution < -0.4 is 39.4 Å². The van der Waals surface area contributed by atoms with Gasteiger partial charge in [-0.3, -0.25) is 4.57 Å². The smallest absolute Gasteiger partial charge is 0.746 e. The minimum Gasteiger partial charge on any atom is -0.746 e. The number of likely N-dealkylation sites (N-methyl/N-ethyl adjacent to an activating group) is 1. The van der Waals surface area contributed by atoms with Crippen LogP contribution in [0.2, 0.25) is 0 Å². The van der Waals surface area contributed by atoms with E-state index in [0.29, 0.717) is 0 Å². The Morgan fingerprint density at radius 3 is 2.48 bits per heavy atom. The van der Waals surface area contributed by atoms with Gasteiger partial charge in [-0.1, -0.05) is 72.5 Å². The number of allylic oxidation sites excluding steroid dienone is 2. The summed E-state index contributed by atoms with van der Waals surface area (Å²) < 4.78 is 16.8. The van der Waals surface area contributed by atoms with Crippen LogP contribution in [0, 0.1) is 5.92 Å². The fourth-order valence-electron chi connectivity index (χ4n) is 3.65. The van der Waals surface area contributed by atoms with E-state index >= 15 is 0 Å². The first-order valence-corrected chi connectivity index (χ1v) is 11.1. The third kappa shape index (κ3) is 4.92. The number of anilines is 1. The molecule has 1 aliphatic heterocycles. The summed E-state index contributed by atoms with van der Waals surface area (Å²) in [6.07, 6.45) is 8.05. The van der Waals surface area contributed by atoms with Crippen molar-refractivity contribution in [2.24, 2.45) is 5.92 Å². The standard InChI is InChI=1S/C21H20NO4PS.Na/c1-22-18-13-7-5-11-16(18)20(17-12-6-8-14-19(17)22)21(26-27(23,24)25)28-15-9-3-2-4-10-15;/h2-14,16,18H,1H3,(H2,23,24,25);/q;+1/p-1/b21-20+;. The number of hydrogen-bond acceptors (Lipinski definition) is 5. The number of benzene rings is 2. The number of fused-ring (bicyclic) bond motifs is 2. The number of phosphoric ester groups is 1. The molecule has 0 amide bonds. The van der Waals surface area contributed by atoms with Gasteiger partial charge in [0.1, 0.15) is 0 Å². The molecule has 0 aromatic heterocycles. The molecule has 0 bridgehead atoms. The molecule has 2 aliphatic rings. The maximum absolute atomic E-state index is 11.7. The van der Waals surface area contributed by atoms with E-state index in [9.17, 15) is 14.4 Å². The normalized spacial score (nSPS) is 23.3. The average molecular weight is 435 g/mol. The number of rotatable bonds is 4. The SMILES string of the molecule is CN1c2ccccc2/C(=C(\OP(=O)([O-])O)Sc2ccccc2)C2C=CC=CC21.[Na+]. The molecule has 5 nitrogen and oxygen atoms in total. The Hall–Kier alpha value is -1.24. The second-order valence-electron chi connectivity index (χ2n) is 6.59. The van der Waals surface area contributed by atoms with Crippen LogP contribution in [0.25, 0.3) is 5.57 Å². The van der Waals surface area contributed by atoms with E-state index < -0.39 is 7.82 Å². The Balaban J connectivity index is 0.00000240. The zero-order valence-corrected chi connectivity index (χ0v) is 19.8. The van der Waals surface area contributed by atoms with E-state index in [1.807, 2.05) is 79.9 Å². The van der Waals surface area contributed by atoms with E-state index in [0.717, 1.165) is 21.7 Å². The number of hydrogen-bond donors (Lipinski definition) is 1. The monoisotopic (exact) mass is 435 g/mol. The van der Waals surface area contributed by atoms with Gasteiger partial charge in [-0.25, -0.2) is 0 Å². The Morgan fingerprint density at radius 1 is 1.10 bits per heavy atom. The van der Waals surface area contributed by atoms with Gasteiger partial charge in [-0.15, -0.1) is 0 Å². The molecule has 3 atom stereocenters. The van der Waals surface area contributed by atoms with E-state index in [4.69, 9.17) is 4.52 Å². The van der Waals surface area contributed by atoms with Crippen molar-refractivity contribution in [3.63, 3.8) is 0 Å². The number of thioether (sulfide) groups is 1. The zero-order chi connectivity index (χ0) is 19.7. The van der Waals surface area contributed by atoms with Crippen LogP contribution in [0.3, 0.4) is 0 Å². The number of nitrogens with zero attached hydrogens (tertiary/aromatic N) is 1. The Morgan fingerprint density at radius 2 is 1.76 bits per heavy atom. The van der Waals surface area contributed by atoms with Crippen molar-refractivity contribution in [3.8, 4) is 0 Å². The van der Waals surface area contributed by atoms with E-state index in [-0.39, 0.29) is 46.6 Å². The largest absolute Gasteiger partial charge is 1.00 e. The molecular weight excluding hydrogens is 416 g/mol. The summed E-state index contributed by atoms with van der Waals surface area (Å²) in [5.74, 6) is -0.109. The van der Waals surface area contributed by atoms with Crippen LogP contribution in [0.5, 0.6) is 0 Å². The summed E-state index contributed by atoms with van der Waals surface area (Å²) in [6.45, 7) is 0. The molecule has 1 N–H and O–H groups in total. The minimum atomic E-state index is -4.98. The maximum Gasteiger partial charge on any atom is 1.00 e.